The van der Waals surface area contributed by atoms with E-state index in [9.17, 15) is 23.1 Å². The number of hydrogen-bond donors (Lipinski definition) is 4. The molecule has 0 aliphatic rings. The van der Waals surface area contributed by atoms with Crippen LogP contribution in [0.5, 0.6) is 5.75 Å². The third-order valence-electron chi connectivity index (χ3n) is 4.50. The summed E-state index contributed by atoms with van der Waals surface area (Å²) in [6.45, 7) is -0.962. The molecule has 1 unspecified atom stereocenters. The molecule has 3 heterocycles. The number of halogens is 3. The molecular formula is C20H16F3N5O4S. The van der Waals surface area contributed by atoms with Crippen molar-refractivity contribution >= 4 is 33.4 Å². The Hall–Kier alpha value is -3.55. The summed E-state index contributed by atoms with van der Waals surface area (Å²) in [7, 11) is 0. The molecule has 33 heavy (non-hydrogen) atoms. The zero-order valence-corrected chi connectivity index (χ0v) is 17.4. The van der Waals surface area contributed by atoms with E-state index in [0.717, 1.165) is 6.07 Å². The number of rotatable bonds is 7. The highest BCUT2D eigenvalue weighted by Gasteiger charge is 2.35. The van der Waals surface area contributed by atoms with E-state index in [1.807, 2.05) is 0 Å². The van der Waals surface area contributed by atoms with Crippen molar-refractivity contribution in [1.29, 1.82) is 0 Å². The molecule has 1 amide bonds. The lowest BCUT2D eigenvalue weighted by Crippen LogP contribution is -2.21. The highest BCUT2D eigenvalue weighted by Crippen LogP contribution is 2.39. The smallest absolute Gasteiger partial charge is 0.417 e. The summed E-state index contributed by atoms with van der Waals surface area (Å²) in [5.74, 6) is -0.807. The second-order valence-corrected chi connectivity index (χ2v) is 7.71. The van der Waals surface area contributed by atoms with Crippen LogP contribution in [0.15, 0.2) is 42.2 Å². The number of carbonyl (C=O) groups excluding carboxylic acids is 1. The van der Waals surface area contributed by atoms with Crippen LogP contribution in [0.1, 0.15) is 15.9 Å². The average Bonchev–Trinajstić information content (AvgIpc) is 3.46. The molecule has 4 N–H and O–H groups in total. The van der Waals surface area contributed by atoms with Crippen LogP contribution in [0.3, 0.4) is 0 Å². The predicted molar refractivity (Wildman–Crippen MR) is 113 cm³/mol. The monoisotopic (exact) mass is 479 g/mol. The Kier molecular flexibility index (Phi) is 6.26. The van der Waals surface area contributed by atoms with Gasteiger partial charge in [-0.25, -0.2) is 9.97 Å². The van der Waals surface area contributed by atoms with E-state index in [4.69, 9.17) is 9.84 Å². The first kappa shape index (κ1) is 22.6. The minimum absolute atomic E-state index is 0.0664. The number of hydrogen-bond acceptors (Lipinski definition) is 8. The molecule has 9 nitrogen and oxygen atoms in total. The van der Waals surface area contributed by atoms with Gasteiger partial charge in [0, 0.05) is 23.3 Å². The minimum Gasteiger partial charge on any atom is -0.491 e. The van der Waals surface area contributed by atoms with Gasteiger partial charge in [-0.1, -0.05) is 0 Å². The van der Waals surface area contributed by atoms with Gasteiger partial charge in [0.1, 0.15) is 29.8 Å². The number of aromatic amines is 1. The van der Waals surface area contributed by atoms with E-state index in [-0.39, 0.29) is 40.3 Å². The zero-order valence-electron chi connectivity index (χ0n) is 16.6. The van der Waals surface area contributed by atoms with Crippen LogP contribution in [0.25, 0.3) is 22.4 Å². The van der Waals surface area contributed by atoms with Crippen LogP contribution >= 0.6 is 11.3 Å². The summed E-state index contributed by atoms with van der Waals surface area (Å²) in [6.07, 6.45) is -1.83. The van der Waals surface area contributed by atoms with Crippen LogP contribution in [0, 0.1) is 0 Å². The summed E-state index contributed by atoms with van der Waals surface area (Å²) in [4.78, 5) is 27.6. The Morgan fingerprint density at radius 1 is 1.30 bits per heavy atom. The first-order valence-electron chi connectivity index (χ1n) is 9.44. The zero-order chi connectivity index (χ0) is 23.6. The van der Waals surface area contributed by atoms with Crippen LogP contribution in [0.2, 0.25) is 0 Å². The van der Waals surface area contributed by atoms with Crippen molar-refractivity contribution < 1.29 is 32.9 Å². The molecule has 1 aromatic carbocycles. The van der Waals surface area contributed by atoms with Crippen molar-refractivity contribution in [3.63, 3.8) is 0 Å². The summed E-state index contributed by atoms with van der Waals surface area (Å²) in [5, 5.41) is 22.8. The number of pyridine rings is 1. The molecule has 0 aliphatic heterocycles. The second-order valence-electron chi connectivity index (χ2n) is 6.81. The molecule has 0 radical (unpaired) electrons. The Morgan fingerprint density at radius 3 is 2.82 bits per heavy atom. The molecule has 0 fully saturated rings. The number of nitrogens with one attached hydrogen (secondary N) is 2. The summed E-state index contributed by atoms with van der Waals surface area (Å²) >= 11 is 1.21. The van der Waals surface area contributed by atoms with E-state index >= 15 is 0 Å². The number of imidazole rings is 1. The lowest BCUT2D eigenvalue weighted by molar-refractivity contribution is -0.137. The van der Waals surface area contributed by atoms with Gasteiger partial charge in [0.25, 0.3) is 5.91 Å². The number of aromatic nitrogens is 4. The van der Waals surface area contributed by atoms with Crippen molar-refractivity contribution in [1.82, 2.24) is 19.9 Å². The summed E-state index contributed by atoms with van der Waals surface area (Å²) in [5.41, 5.74) is -0.805. The molecule has 13 heteroatoms. The van der Waals surface area contributed by atoms with E-state index in [1.54, 1.807) is 5.38 Å². The second kappa shape index (κ2) is 9.13. The first-order valence-corrected chi connectivity index (χ1v) is 10.3. The molecule has 0 aliphatic carbocycles. The standard InChI is InChI=1S/C20H16F3N5O4S/c21-20(22,23)14-5-11(32-9-10(30)8-29)1-2-12(14)17-26-15-7-24-6-13(16(15)27-17)18(31)28-19-25-3-4-33-19/h1-7,10,29-30H,8-9H2,(H,26,27)(H,25,28,31). The molecule has 172 valence electrons. The van der Waals surface area contributed by atoms with Gasteiger partial charge in [0.05, 0.1) is 29.4 Å². The molecule has 3 aromatic heterocycles. The fraction of sp³-hybridized carbons (Fsp3) is 0.200. The molecule has 0 saturated heterocycles. The quantitative estimate of drug-likeness (QED) is 0.320. The van der Waals surface area contributed by atoms with Gasteiger partial charge in [-0.05, 0) is 18.2 Å². The fourth-order valence-corrected chi connectivity index (χ4v) is 3.50. The van der Waals surface area contributed by atoms with Gasteiger partial charge in [0.2, 0.25) is 0 Å². The maximum absolute atomic E-state index is 13.8. The third kappa shape index (κ3) is 4.94. The van der Waals surface area contributed by atoms with E-state index in [0.29, 0.717) is 5.13 Å². The van der Waals surface area contributed by atoms with Crippen LogP contribution in [-0.2, 0) is 6.18 Å². The largest absolute Gasteiger partial charge is 0.491 e. The van der Waals surface area contributed by atoms with E-state index < -0.39 is 30.4 Å². The molecule has 0 spiro atoms. The molecule has 4 rings (SSSR count). The van der Waals surface area contributed by atoms with Crippen LogP contribution < -0.4 is 10.1 Å². The van der Waals surface area contributed by atoms with Crippen molar-refractivity contribution in [3.8, 4) is 17.1 Å². The number of amides is 1. The highest BCUT2D eigenvalue weighted by molar-refractivity contribution is 7.13. The van der Waals surface area contributed by atoms with Crippen LogP contribution in [0.4, 0.5) is 18.3 Å². The van der Waals surface area contributed by atoms with Crippen molar-refractivity contribution in [2.24, 2.45) is 0 Å². The lowest BCUT2D eigenvalue weighted by Gasteiger charge is -2.15. The topological polar surface area (TPSA) is 133 Å². The van der Waals surface area contributed by atoms with E-state index in [1.165, 1.54) is 42.1 Å². The minimum atomic E-state index is -4.74. The number of anilines is 1. The van der Waals surface area contributed by atoms with Crippen molar-refractivity contribution in [3.05, 3.63) is 53.3 Å². The number of benzene rings is 1. The van der Waals surface area contributed by atoms with E-state index in [2.05, 4.69) is 25.3 Å². The highest BCUT2D eigenvalue weighted by atomic mass is 32.1. The Balaban J connectivity index is 1.71. The maximum atomic E-state index is 13.8. The van der Waals surface area contributed by atoms with Gasteiger partial charge < -0.3 is 19.9 Å². The van der Waals surface area contributed by atoms with Gasteiger partial charge in [-0.3, -0.25) is 15.1 Å². The summed E-state index contributed by atoms with van der Waals surface area (Å²) < 4.78 is 46.5. The van der Waals surface area contributed by atoms with Gasteiger partial charge >= 0.3 is 6.18 Å². The Bertz CT molecular complexity index is 1280. The van der Waals surface area contributed by atoms with Gasteiger partial charge in [-0.2, -0.15) is 13.2 Å². The first-order chi connectivity index (χ1) is 15.8. The van der Waals surface area contributed by atoms with Crippen molar-refractivity contribution in [2.45, 2.75) is 12.3 Å². The third-order valence-corrected chi connectivity index (χ3v) is 5.18. The molecule has 4 aromatic rings. The molecule has 1 atom stereocenters. The lowest BCUT2D eigenvalue weighted by atomic mass is 10.1. The number of aliphatic hydroxyl groups is 2. The maximum Gasteiger partial charge on any atom is 0.417 e. The van der Waals surface area contributed by atoms with Gasteiger partial charge in [-0.15, -0.1) is 11.3 Å². The number of nitrogens with zero attached hydrogens (tertiary/aromatic N) is 3. The van der Waals surface area contributed by atoms with Crippen molar-refractivity contribution in [2.75, 3.05) is 18.5 Å². The number of alkyl halides is 3. The number of aliphatic hydroxyl groups excluding tert-OH is 2. The molecule has 0 bridgehead atoms. The van der Waals surface area contributed by atoms with Gasteiger partial charge in [0.15, 0.2) is 5.13 Å². The summed E-state index contributed by atoms with van der Waals surface area (Å²) in [6, 6.07) is 3.24. The Labute approximate surface area is 187 Å². The number of ether oxygens (including phenoxy) is 1. The normalized spacial score (nSPS) is 12.6. The van der Waals surface area contributed by atoms with Crippen LogP contribution in [-0.4, -0.2) is 55.4 Å². The number of fused-ring (bicyclic) bond motifs is 1. The predicted octanol–water partition coefficient (Wildman–Crippen LogP) is 3.08. The number of carbonyl (C=O) groups is 1. The number of H-pyrrole nitrogens is 1. The fourth-order valence-electron chi connectivity index (χ4n) is 2.98. The number of thiazole rings is 1. The average molecular weight is 479 g/mol. The Morgan fingerprint density at radius 2 is 2.12 bits per heavy atom. The molecular weight excluding hydrogens is 463 g/mol. The SMILES string of the molecule is O=C(Nc1nccs1)c1cncc2[nH]c(-c3ccc(OCC(O)CO)cc3C(F)(F)F)nc12. The molecule has 0 saturated carbocycles.